The molecule has 0 aliphatic heterocycles. The minimum absolute atomic E-state index is 0.139. The largest absolute Gasteiger partial charge is 0.368 e. The summed E-state index contributed by atoms with van der Waals surface area (Å²) in [6.07, 6.45) is 0. The van der Waals surface area contributed by atoms with E-state index in [1.54, 1.807) is 11.0 Å². The van der Waals surface area contributed by atoms with Crippen LogP contribution in [0.5, 0.6) is 0 Å². The number of rotatable bonds is 4. The highest BCUT2D eigenvalue weighted by atomic mass is 19.1. The second-order valence-electron chi connectivity index (χ2n) is 4.20. The zero-order chi connectivity index (χ0) is 13.8. The van der Waals surface area contributed by atoms with E-state index in [0.29, 0.717) is 18.4 Å². The van der Waals surface area contributed by atoms with Gasteiger partial charge in [0, 0.05) is 20.6 Å². The third-order valence-corrected chi connectivity index (χ3v) is 2.38. The van der Waals surface area contributed by atoms with Crippen LogP contribution in [0.2, 0.25) is 0 Å². The van der Waals surface area contributed by atoms with Crippen LogP contribution in [0.25, 0.3) is 0 Å². The van der Waals surface area contributed by atoms with E-state index in [-0.39, 0.29) is 11.8 Å². The average Bonchev–Trinajstić information content (AvgIpc) is 2.36. The van der Waals surface area contributed by atoms with Crippen molar-refractivity contribution < 1.29 is 4.39 Å². The number of halogens is 1. The Morgan fingerprint density at radius 1 is 1.26 bits per heavy atom. The molecule has 2 aromatic rings. The molecule has 0 aliphatic rings. The molecule has 0 radical (unpaired) electrons. The summed E-state index contributed by atoms with van der Waals surface area (Å²) in [6, 6.07) is 6.31. The summed E-state index contributed by atoms with van der Waals surface area (Å²) in [7, 11) is 3.62. The fourth-order valence-corrected chi connectivity index (χ4v) is 1.49. The molecule has 0 saturated heterocycles. The number of aromatic nitrogens is 3. The molecule has 0 unspecified atom stereocenters. The fraction of sp³-hybridized carbons (Fsp3) is 0.250. The van der Waals surface area contributed by atoms with E-state index < -0.39 is 0 Å². The Kier molecular flexibility index (Phi) is 3.74. The molecule has 1 heterocycles. The lowest BCUT2D eigenvalue weighted by Gasteiger charge is -2.12. The standard InChI is InChI=1S/C12H15FN6/c1-19(2)12-17-10(14)16-11(18-12)15-7-8-4-3-5-9(13)6-8/h3-6H,7H2,1-2H3,(H3,14,15,16,17,18). The molecule has 3 N–H and O–H groups in total. The molecule has 0 spiro atoms. The molecular formula is C12H15FN6. The minimum Gasteiger partial charge on any atom is -0.368 e. The predicted molar refractivity (Wildman–Crippen MR) is 72.3 cm³/mol. The summed E-state index contributed by atoms with van der Waals surface area (Å²) in [4.78, 5) is 13.9. The first-order valence-electron chi connectivity index (χ1n) is 5.72. The number of anilines is 3. The first-order valence-corrected chi connectivity index (χ1v) is 5.72. The van der Waals surface area contributed by atoms with Crippen LogP contribution in [-0.4, -0.2) is 29.0 Å². The van der Waals surface area contributed by atoms with Gasteiger partial charge in [-0.2, -0.15) is 15.0 Å². The highest BCUT2D eigenvalue weighted by Crippen LogP contribution is 2.11. The van der Waals surface area contributed by atoms with E-state index in [1.165, 1.54) is 12.1 Å². The summed E-state index contributed by atoms with van der Waals surface area (Å²) in [6.45, 7) is 0.411. The summed E-state index contributed by atoms with van der Waals surface area (Å²) in [5.74, 6) is 0.693. The van der Waals surface area contributed by atoms with Crippen molar-refractivity contribution in [2.75, 3.05) is 30.0 Å². The number of nitrogens with zero attached hydrogens (tertiary/aromatic N) is 4. The smallest absolute Gasteiger partial charge is 0.231 e. The zero-order valence-corrected chi connectivity index (χ0v) is 10.8. The van der Waals surface area contributed by atoms with Crippen LogP contribution in [0.15, 0.2) is 24.3 Å². The van der Waals surface area contributed by atoms with Crippen LogP contribution in [0, 0.1) is 5.82 Å². The lowest BCUT2D eigenvalue weighted by Crippen LogP contribution is -2.16. The molecule has 0 aliphatic carbocycles. The molecule has 7 heteroatoms. The zero-order valence-electron chi connectivity index (χ0n) is 10.8. The van der Waals surface area contributed by atoms with Gasteiger partial charge in [0.25, 0.3) is 0 Å². The van der Waals surface area contributed by atoms with Gasteiger partial charge in [-0.3, -0.25) is 0 Å². The van der Waals surface area contributed by atoms with Crippen LogP contribution in [0.4, 0.5) is 22.2 Å². The number of hydrogen-bond acceptors (Lipinski definition) is 6. The lowest BCUT2D eigenvalue weighted by molar-refractivity contribution is 0.626. The van der Waals surface area contributed by atoms with Crippen molar-refractivity contribution in [1.29, 1.82) is 0 Å². The third kappa shape index (κ3) is 3.51. The third-order valence-electron chi connectivity index (χ3n) is 2.38. The lowest BCUT2D eigenvalue weighted by atomic mass is 10.2. The van der Waals surface area contributed by atoms with Gasteiger partial charge in [-0.05, 0) is 17.7 Å². The van der Waals surface area contributed by atoms with Crippen molar-refractivity contribution in [3.8, 4) is 0 Å². The van der Waals surface area contributed by atoms with Crippen molar-refractivity contribution in [1.82, 2.24) is 15.0 Å². The molecule has 19 heavy (non-hydrogen) atoms. The fourth-order valence-electron chi connectivity index (χ4n) is 1.49. The molecule has 6 nitrogen and oxygen atoms in total. The van der Waals surface area contributed by atoms with Gasteiger partial charge in [-0.1, -0.05) is 12.1 Å². The van der Waals surface area contributed by atoms with Gasteiger partial charge >= 0.3 is 0 Å². The van der Waals surface area contributed by atoms with Crippen LogP contribution in [0.1, 0.15) is 5.56 Å². The summed E-state index contributed by atoms with van der Waals surface area (Å²) >= 11 is 0. The van der Waals surface area contributed by atoms with Crippen molar-refractivity contribution in [2.45, 2.75) is 6.54 Å². The molecule has 1 aromatic heterocycles. The number of benzene rings is 1. The van der Waals surface area contributed by atoms with Gasteiger partial charge in [-0.15, -0.1) is 0 Å². The van der Waals surface area contributed by atoms with Crippen molar-refractivity contribution >= 4 is 17.8 Å². The SMILES string of the molecule is CN(C)c1nc(N)nc(NCc2cccc(F)c2)n1. The maximum absolute atomic E-state index is 13.0. The van der Waals surface area contributed by atoms with Crippen molar-refractivity contribution in [3.05, 3.63) is 35.6 Å². The Bertz CT molecular complexity index is 572. The molecule has 0 saturated carbocycles. The van der Waals surface area contributed by atoms with Crippen LogP contribution in [0.3, 0.4) is 0 Å². The van der Waals surface area contributed by atoms with E-state index in [9.17, 15) is 4.39 Å². The monoisotopic (exact) mass is 262 g/mol. The highest BCUT2D eigenvalue weighted by molar-refractivity contribution is 5.41. The second-order valence-corrected chi connectivity index (χ2v) is 4.20. The second kappa shape index (κ2) is 5.47. The van der Waals surface area contributed by atoms with Gasteiger partial charge in [0.15, 0.2) is 0 Å². The van der Waals surface area contributed by atoms with E-state index >= 15 is 0 Å². The van der Waals surface area contributed by atoms with E-state index in [4.69, 9.17) is 5.73 Å². The topological polar surface area (TPSA) is 80.0 Å². The maximum Gasteiger partial charge on any atom is 0.231 e. The van der Waals surface area contributed by atoms with Gasteiger partial charge in [0.2, 0.25) is 17.8 Å². The molecular weight excluding hydrogens is 247 g/mol. The molecule has 100 valence electrons. The van der Waals surface area contributed by atoms with Gasteiger partial charge in [0.1, 0.15) is 5.82 Å². The maximum atomic E-state index is 13.0. The highest BCUT2D eigenvalue weighted by Gasteiger charge is 2.05. The summed E-state index contributed by atoms with van der Waals surface area (Å²) < 4.78 is 13.0. The van der Waals surface area contributed by atoms with E-state index in [2.05, 4.69) is 20.3 Å². The first-order chi connectivity index (χ1) is 9.04. The Labute approximate surface area is 110 Å². The van der Waals surface area contributed by atoms with Gasteiger partial charge in [-0.25, -0.2) is 4.39 Å². The Morgan fingerprint density at radius 2 is 2.05 bits per heavy atom. The van der Waals surface area contributed by atoms with Gasteiger partial charge in [0.05, 0.1) is 0 Å². The van der Waals surface area contributed by atoms with Crippen LogP contribution >= 0.6 is 0 Å². The van der Waals surface area contributed by atoms with Gasteiger partial charge < -0.3 is 16.0 Å². The number of nitrogens with one attached hydrogen (secondary N) is 1. The Hall–Kier alpha value is -2.44. The first kappa shape index (κ1) is 13.0. The molecule has 0 bridgehead atoms. The van der Waals surface area contributed by atoms with Crippen molar-refractivity contribution in [3.63, 3.8) is 0 Å². The summed E-state index contributed by atoms with van der Waals surface area (Å²) in [5.41, 5.74) is 6.40. The number of nitrogens with two attached hydrogens (primary N) is 1. The molecule has 0 amide bonds. The summed E-state index contributed by atoms with van der Waals surface area (Å²) in [5, 5.41) is 2.99. The van der Waals surface area contributed by atoms with Crippen LogP contribution < -0.4 is 16.0 Å². The molecule has 0 fully saturated rings. The average molecular weight is 262 g/mol. The van der Waals surface area contributed by atoms with Crippen molar-refractivity contribution in [2.24, 2.45) is 0 Å². The molecule has 1 aromatic carbocycles. The Balaban J connectivity index is 2.11. The molecule has 0 atom stereocenters. The number of hydrogen-bond donors (Lipinski definition) is 2. The van der Waals surface area contributed by atoms with Crippen LogP contribution in [-0.2, 0) is 6.54 Å². The normalized spacial score (nSPS) is 10.3. The Morgan fingerprint density at radius 3 is 2.74 bits per heavy atom. The minimum atomic E-state index is -0.275. The quantitative estimate of drug-likeness (QED) is 0.863. The predicted octanol–water partition coefficient (Wildman–Crippen LogP) is 1.27. The van der Waals surface area contributed by atoms with E-state index in [0.717, 1.165) is 5.56 Å². The molecule has 2 rings (SSSR count). The number of nitrogen functional groups attached to an aromatic ring is 1. The van der Waals surface area contributed by atoms with E-state index in [1.807, 2.05) is 20.2 Å².